The predicted molar refractivity (Wildman–Crippen MR) is 76.2 cm³/mol. The highest BCUT2D eigenvalue weighted by Crippen LogP contribution is 2.40. The third kappa shape index (κ3) is 2.93. The van der Waals surface area contributed by atoms with E-state index in [9.17, 15) is 4.39 Å². The zero-order valence-electron chi connectivity index (χ0n) is 11.7. The van der Waals surface area contributed by atoms with E-state index in [2.05, 4.69) is 19.2 Å². The van der Waals surface area contributed by atoms with Gasteiger partial charge in [-0.05, 0) is 50.4 Å². The minimum absolute atomic E-state index is 0.00759. The summed E-state index contributed by atoms with van der Waals surface area (Å²) in [6, 6.07) is 3.22. The van der Waals surface area contributed by atoms with E-state index in [1.165, 1.54) is 6.07 Å². The lowest BCUT2D eigenvalue weighted by Gasteiger charge is -2.35. The van der Waals surface area contributed by atoms with Crippen molar-refractivity contribution in [2.24, 2.45) is 0 Å². The Morgan fingerprint density at radius 1 is 1.53 bits per heavy atom. The molecular formula is C15H21ClFNO. The first kappa shape index (κ1) is 14.8. The highest BCUT2D eigenvalue weighted by Gasteiger charge is 2.39. The minimum atomic E-state index is -0.274. The van der Waals surface area contributed by atoms with Crippen LogP contribution in [-0.2, 0) is 4.74 Å². The summed E-state index contributed by atoms with van der Waals surface area (Å²) in [7, 11) is 0. The lowest BCUT2D eigenvalue weighted by molar-refractivity contribution is -0.0121. The molecular weight excluding hydrogens is 265 g/mol. The molecule has 2 atom stereocenters. The first-order chi connectivity index (χ1) is 8.98. The summed E-state index contributed by atoms with van der Waals surface area (Å²) in [5.41, 5.74) is 1.26. The van der Waals surface area contributed by atoms with Crippen molar-refractivity contribution in [3.63, 3.8) is 0 Å². The summed E-state index contributed by atoms with van der Waals surface area (Å²) in [4.78, 5) is 0. The van der Waals surface area contributed by atoms with Gasteiger partial charge in [-0.1, -0.05) is 24.6 Å². The van der Waals surface area contributed by atoms with Gasteiger partial charge in [-0.2, -0.15) is 0 Å². The van der Waals surface area contributed by atoms with Crippen LogP contribution < -0.4 is 5.32 Å². The van der Waals surface area contributed by atoms with Gasteiger partial charge in [0.15, 0.2) is 0 Å². The Labute approximate surface area is 119 Å². The fourth-order valence-corrected chi connectivity index (χ4v) is 3.05. The molecule has 4 heteroatoms. The zero-order chi connectivity index (χ0) is 14.0. The molecule has 1 heterocycles. The predicted octanol–water partition coefficient (Wildman–Crippen LogP) is 4.01. The summed E-state index contributed by atoms with van der Waals surface area (Å²) in [5.74, 6) is -0.263. The molecule has 1 aliphatic rings. The fourth-order valence-electron chi connectivity index (χ4n) is 2.79. The van der Waals surface area contributed by atoms with E-state index in [0.717, 1.165) is 31.6 Å². The molecule has 1 aliphatic heterocycles. The second kappa shape index (κ2) is 5.78. The van der Waals surface area contributed by atoms with Gasteiger partial charge >= 0.3 is 0 Å². The summed E-state index contributed by atoms with van der Waals surface area (Å²) >= 11 is 6.24. The standard InChI is InChI=1S/C15H21ClFNO/c1-4-18-14(15(3)6-5-7-19-15)11-8-10(2)13(17)9-12(11)16/h8-9,14,18H,4-7H2,1-3H3. The topological polar surface area (TPSA) is 21.3 Å². The Morgan fingerprint density at radius 3 is 2.84 bits per heavy atom. The molecule has 1 aromatic carbocycles. The smallest absolute Gasteiger partial charge is 0.127 e. The third-order valence-electron chi connectivity index (χ3n) is 3.86. The third-order valence-corrected chi connectivity index (χ3v) is 4.18. The van der Waals surface area contributed by atoms with E-state index in [1.54, 1.807) is 6.92 Å². The van der Waals surface area contributed by atoms with Gasteiger partial charge in [0.2, 0.25) is 0 Å². The number of ether oxygens (including phenoxy) is 1. The Kier molecular flexibility index (Phi) is 4.49. The second-order valence-electron chi connectivity index (χ2n) is 5.38. The van der Waals surface area contributed by atoms with Crippen molar-refractivity contribution >= 4 is 11.6 Å². The SMILES string of the molecule is CCNC(c1cc(C)c(F)cc1Cl)C1(C)CCCO1. The van der Waals surface area contributed by atoms with Crippen molar-refractivity contribution in [3.05, 3.63) is 34.1 Å². The van der Waals surface area contributed by atoms with Crippen LogP contribution in [0.2, 0.25) is 5.02 Å². The van der Waals surface area contributed by atoms with Crippen LogP contribution in [0.25, 0.3) is 0 Å². The quantitative estimate of drug-likeness (QED) is 0.902. The molecule has 1 saturated heterocycles. The zero-order valence-corrected chi connectivity index (χ0v) is 12.5. The van der Waals surface area contributed by atoms with E-state index in [0.29, 0.717) is 10.6 Å². The van der Waals surface area contributed by atoms with E-state index in [1.807, 2.05) is 6.07 Å². The minimum Gasteiger partial charge on any atom is -0.373 e. The number of nitrogens with one attached hydrogen (secondary N) is 1. The van der Waals surface area contributed by atoms with Crippen LogP contribution >= 0.6 is 11.6 Å². The maximum atomic E-state index is 13.5. The largest absolute Gasteiger partial charge is 0.373 e. The number of halogens is 2. The molecule has 0 aliphatic carbocycles. The fraction of sp³-hybridized carbons (Fsp3) is 0.600. The van der Waals surface area contributed by atoms with E-state index >= 15 is 0 Å². The monoisotopic (exact) mass is 285 g/mol. The average molecular weight is 286 g/mol. The van der Waals surface area contributed by atoms with Crippen molar-refractivity contribution in [2.75, 3.05) is 13.2 Å². The molecule has 106 valence electrons. The lowest BCUT2D eigenvalue weighted by Crippen LogP contribution is -2.41. The van der Waals surface area contributed by atoms with Crippen molar-refractivity contribution in [1.82, 2.24) is 5.32 Å². The Balaban J connectivity index is 2.41. The van der Waals surface area contributed by atoms with Gasteiger partial charge in [0.25, 0.3) is 0 Å². The molecule has 0 spiro atoms. The molecule has 2 unspecified atom stereocenters. The van der Waals surface area contributed by atoms with Crippen molar-refractivity contribution < 1.29 is 9.13 Å². The highest BCUT2D eigenvalue weighted by molar-refractivity contribution is 6.31. The number of benzene rings is 1. The Bertz CT molecular complexity index is 458. The van der Waals surface area contributed by atoms with Crippen LogP contribution in [0.4, 0.5) is 4.39 Å². The molecule has 0 radical (unpaired) electrons. The molecule has 1 fully saturated rings. The van der Waals surface area contributed by atoms with Gasteiger partial charge in [0, 0.05) is 11.6 Å². The number of likely N-dealkylation sites (N-methyl/N-ethyl adjacent to an activating group) is 1. The maximum Gasteiger partial charge on any atom is 0.127 e. The van der Waals surface area contributed by atoms with Gasteiger partial charge in [-0.15, -0.1) is 0 Å². The van der Waals surface area contributed by atoms with E-state index in [4.69, 9.17) is 16.3 Å². The molecule has 1 aromatic rings. The molecule has 2 nitrogen and oxygen atoms in total. The van der Waals surface area contributed by atoms with Crippen LogP contribution in [0, 0.1) is 12.7 Å². The highest BCUT2D eigenvalue weighted by atomic mass is 35.5. The van der Waals surface area contributed by atoms with Gasteiger partial charge in [-0.25, -0.2) is 4.39 Å². The van der Waals surface area contributed by atoms with E-state index in [-0.39, 0.29) is 17.5 Å². The molecule has 0 amide bonds. The lowest BCUT2D eigenvalue weighted by atomic mass is 9.87. The molecule has 1 N–H and O–H groups in total. The first-order valence-electron chi connectivity index (χ1n) is 6.81. The van der Waals surface area contributed by atoms with Crippen LogP contribution in [0.15, 0.2) is 12.1 Å². The number of hydrogen-bond acceptors (Lipinski definition) is 2. The van der Waals surface area contributed by atoms with Crippen molar-refractivity contribution in [2.45, 2.75) is 45.3 Å². The van der Waals surface area contributed by atoms with Gasteiger partial charge in [-0.3, -0.25) is 0 Å². The second-order valence-corrected chi connectivity index (χ2v) is 5.79. The Morgan fingerprint density at radius 2 is 2.26 bits per heavy atom. The van der Waals surface area contributed by atoms with Crippen LogP contribution in [0.5, 0.6) is 0 Å². The van der Waals surface area contributed by atoms with Crippen LogP contribution in [0.1, 0.15) is 43.9 Å². The summed E-state index contributed by atoms with van der Waals surface area (Å²) < 4.78 is 19.5. The number of hydrogen-bond donors (Lipinski definition) is 1. The summed E-state index contributed by atoms with van der Waals surface area (Å²) in [5, 5.41) is 3.90. The van der Waals surface area contributed by atoms with Crippen molar-refractivity contribution in [3.8, 4) is 0 Å². The number of rotatable bonds is 4. The molecule has 2 rings (SSSR count). The molecule has 19 heavy (non-hydrogen) atoms. The Hall–Kier alpha value is -0.640. The summed E-state index contributed by atoms with van der Waals surface area (Å²) in [6.45, 7) is 7.50. The normalized spacial score (nSPS) is 24.7. The average Bonchev–Trinajstić information content (AvgIpc) is 2.79. The molecule has 0 bridgehead atoms. The maximum absolute atomic E-state index is 13.5. The first-order valence-corrected chi connectivity index (χ1v) is 7.18. The van der Waals surface area contributed by atoms with Gasteiger partial charge < -0.3 is 10.1 Å². The van der Waals surface area contributed by atoms with Crippen LogP contribution in [-0.4, -0.2) is 18.8 Å². The molecule has 0 saturated carbocycles. The molecule has 0 aromatic heterocycles. The number of aryl methyl sites for hydroxylation is 1. The van der Waals surface area contributed by atoms with E-state index < -0.39 is 0 Å². The van der Waals surface area contributed by atoms with Gasteiger partial charge in [0.05, 0.1) is 11.6 Å². The summed E-state index contributed by atoms with van der Waals surface area (Å²) in [6.07, 6.45) is 2.04. The van der Waals surface area contributed by atoms with Crippen molar-refractivity contribution in [1.29, 1.82) is 0 Å². The van der Waals surface area contributed by atoms with Crippen LogP contribution in [0.3, 0.4) is 0 Å². The van der Waals surface area contributed by atoms with Gasteiger partial charge in [0.1, 0.15) is 5.82 Å².